The zero-order valence-corrected chi connectivity index (χ0v) is 16.8. The maximum Gasteiger partial charge on any atom is 0.230 e. The first-order valence-corrected chi connectivity index (χ1v) is 9.60. The maximum atomic E-state index is 8.93. The number of ether oxygens (including phenoxy) is 1. The molecule has 0 aliphatic heterocycles. The van der Waals surface area contributed by atoms with Crippen molar-refractivity contribution in [2.24, 2.45) is 0 Å². The van der Waals surface area contributed by atoms with Crippen LogP contribution in [0.5, 0.6) is 11.6 Å². The summed E-state index contributed by atoms with van der Waals surface area (Å²) in [7, 11) is 0. The third-order valence-electron chi connectivity index (χ3n) is 4.39. The minimum Gasteiger partial charge on any atom is -0.439 e. The molecule has 0 spiro atoms. The number of aromatic nitrogens is 2. The molecule has 0 amide bonds. The molecule has 3 aromatic carbocycles. The van der Waals surface area contributed by atoms with Crippen molar-refractivity contribution >= 4 is 23.2 Å². The molecule has 0 saturated heterocycles. The van der Waals surface area contributed by atoms with Gasteiger partial charge < -0.3 is 10.1 Å². The molecule has 6 nitrogen and oxygen atoms in total. The van der Waals surface area contributed by atoms with E-state index in [9.17, 15) is 0 Å². The molecule has 0 saturated carbocycles. The van der Waals surface area contributed by atoms with Gasteiger partial charge in [-0.1, -0.05) is 23.7 Å². The van der Waals surface area contributed by atoms with Gasteiger partial charge in [0, 0.05) is 29.6 Å². The Labute approximate surface area is 184 Å². The smallest absolute Gasteiger partial charge is 0.230 e. The standard InChI is InChI=1S/C24H14ClN5O/c25-22-13-20(9-10-21(22)18-5-1-16(14-26)2-6-18)31-23-11-12-28-24(30-23)29-19-7-3-17(15-27)4-8-19/h1-13H,(H,28,29,30). The van der Waals surface area contributed by atoms with Gasteiger partial charge in [-0.15, -0.1) is 0 Å². The molecule has 0 aliphatic rings. The van der Waals surface area contributed by atoms with Gasteiger partial charge in [0.15, 0.2) is 0 Å². The molecule has 0 atom stereocenters. The first kappa shape index (κ1) is 19.9. The molecule has 0 aliphatic carbocycles. The normalized spacial score (nSPS) is 10.0. The van der Waals surface area contributed by atoms with Crippen molar-refractivity contribution < 1.29 is 4.74 Å². The highest BCUT2D eigenvalue weighted by Crippen LogP contribution is 2.33. The lowest BCUT2D eigenvalue weighted by molar-refractivity contribution is 0.462. The topological polar surface area (TPSA) is 94.6 Å². The number of hydrogen-bond donors (Lipinski definition) is 1. The van der Waals surface area contributed by atoms with Crippen LogP contribution in [-0.2, 0) is 0 Å². The van der Waals surface area contributed by atoms with Crippen molar-refractivity contribution in [1.82, 2.24) is 9.97 Å². The molecule has 4 aromatic rings. The van der Waals surface area contributed by atoms with E-state index in [2.05, 4.69) is 27.4 Å². The highest BCUT2D eigenvalue weighted by Gasteiger charge is 2.08. The molecule has 0 bridgehead atoms. The van der Waals surface area contributed by atoms with Crippen LogP contribution in [0.4, 0.5) is 11.6 Å². The van der Waals surface area contributed by atoms with E-state index < -0.39 is 0 Å². The Bertz CT molecular complexity index is 1310. The van der Waals surface area contributed by atoms with Gasteiger partial charge in [-0.25, -0.2) is 4.98 Å². The van der Waals surface area contributed by atoms with Crippen LogP contribution in [0.3, 0.4) is 0 Å². The van der Waals surface area contributed by atoms with E-state index in [1.165, 1.54) is 0 Å². The van der Waals surface area contributed by atoms with Gasteiger partial charge >= 0.3 is 0 Å². The van der Waals surface area contributed by atoms with Crippen LogP contribution in [0.1, 0.15) is 11.1 Å². The van der Waals surface area contributed by atoms with E-state index in [1.807, 2.05) is 18.2 Å². The van der Waals surface area contributed by atoms with Crippen LogP contribution in [0, 0.1) is 22.7 Å². The second-order valence-corrected chi connectivity index (χ2v) is 6.87. The summed E-state index contributed by atoms with van der Waals surface area (Å²) in [4.78, 5) is 8.54. The molecule has 0 unspecified atom stereocenters. The molecule has 0 radical (unpaired) electrons. The van der Waals surface area contributed by atoms with Crippen molar-refractivity contribution in [3.63, 3.8) is 0 Å². The van der Waals surface area contributed by atoms with E-state index >= 15 is 0 Å². The summed E-state index contributed by atoms with van der Waals surface area (Å²) < 4.78 is 5.84. The minimum atomic E-state index is 0.355. The number of anilines is 2. The van der Waals surface area contributed by atoms with Crippen LogP contribution < -0.4 is 10.1 Å². The number of nitrogens with zero attached hydrogens (tertiary/aromatic N) is 4. The number of nitrogens with one attached hydrogen (secondary N) is 1. The van der Waals surface area contributed by atoms with E-state index in [-0.39, 0.29) is 0 Å². The van der Waals surface area contributed by atoms with Crippen LogP contribution in [0.15, 0.2) is 79.0 Å². The Balaban J connectivity index is 1.50. The second kappa shape index (κ2) is 8.96. The monoisotopic (exact) mass is 423 g/mol. The van der Waals surface area contributed by atoms with Gasteiger partial charge in [-0.05, 0) is 54.1 Å². The average molecular weight is 424 g/mol. The molecule has 0 fully saturated rings. The Kier molecular flexibility index (Phi) is 5.75. The lowest BCUT2D eigenvalue weighted by Gasteiger charge is -2.10. The SMILES string of the molecule is N#Cc1ccc(Nc2nccc(Oc3ccc(-c4ccc(C#N)cc4)c(Cl)c3)n2)cc1. The van der Waals surface area contributed by atoms with Crippen molar-refractivity contribution in [3.8, 4) is 34.9 Å². The van der Waals surface area contributed by atoms with Crippen LogP contribution >= 0.6 is 11.6 Å². The van der Waals surface area contributed by atoms with Crippen LogP contribution in [-0.4, -0.2) is 9.97 Å². The molecule has 1 aromatic heterocycles. The van der Waals surface area contributed by atoms with Crippen LogP contribution in [0.25, 0.3) is 11.1 Å². The van der Waals surface area contributed by atoms with E-state index in [0.29, 0.717) is 33.7 Å². The summed E-state index contributed by atoms with van der Waals surface area (Å²) in [5, 5.41) is 21.4. The van der Waals surface area contributed by atoms with Gasteiger partial charge in [0.1, 0.15) is 5.75 Å². The summed E-state index contributed by atoms with van der Waals surface area (Å²) in [5.74, 6) is 1.25. The van der Waals surface area contributed by atoms with Crippen molar-refractivity contribution in [1.29, 1.82) is 10.5 Å². The number of rotatable bonds is 5. The lowest BCUT2D eigenvalue weighted by Crippen LogP contribution is -1.98. The van der Waals surface area contributed by atoms with Crippen molar-refractivity contribution in [2.45, 2.75) is 0 Å². The summed E-state index contributed by atoms with van der Waals surface area (Å²) in [5.41, 5.74) is 3.67. The van der Waals surface area contributed by atoms with E-state index in [0.717, 1.165) is 16.8 Å². The fraction of sp³-hybridized carbons (Fsp3) is 0. The third kappa shape index (κ3) is 4.79. The minimum absolute atomic E-state index is 0.355. The Hall–Kier alpha value is -4.39. The maximum absolute atomic E-state index is 8.93. The summed E-state index contributed by atoms with van der Waals surface area (Å²) in [6, 6.07) is 25.4. The van der Waals surface area contributed by atoms with Gasteiger partial charge in [0.25, 0.3) is 0 Å². The number of hydrogen-bond acceptors (Lipinski definition) is 6. The van der Waals surface area contributed by atoms with Gasteiger partial charge in [-0.2, -0.15) is 15.5 Å². The Morgan fingerprint density at radius 2 is 1.52 bits per heavy atom. The molecule has 148 valence electrons. The number of nitriles is 2. The molecule has 1 N–H and O–H groups in total. The molecule has 1 heterocycles. The predicted molar refractivity (Wildman–Crippen MR) is 118 cm³/mol. The molecule has 4 rings (SSSR count). The second-order valence-electron chi connectivity index (χ2n) is 6.47. The summed E-state index contributed by atoms with van der Waals surface area (Å²) in [6.07, 6.45) is 1.58. The fourth-order valence-electron chi connectivity index (χ4n) is 2.85. The van der Waals surface area contributed by atoms with Gasteiger partial charge in [0.05, 0.1) is 28.3 Å². The fourth-order valence-corrected chi connectivity index (χ4v) is 3.13. The first-order chi connectivity index (χ1) is 15.1. The highest BCUT2D eigenvalue weighted by atomic mass is 35.5. The summed E-state index contributed by atoms with van der Waals surface area (Å²) in [6.45, 7) is 0. The molecular formula is C24H14ClN5O. The molecule has 7 heteroatoms. The molecular weight excluding hydrogens is 410 g/mol. The number of halogens is 1. The quantitative estimate of drug-likeness (QED) is 0.418. The van der Waals surface area contributed by atoms with Crippen molar-refractivity contribution in [2.75, 3.05) is 5.32 Å². The Morgan fingerprint density at radius 1 is 0.839 bits per heavy atom. The first-order valence-electron chi connectivity index (χ1n) is 9.23. The third-order valence-corrected chi connectivity index (χ3v) is 4.70. The zero-order chi connectivity index (χ0) is 21.6. The van der Waals surface area contributed by atoms with Crippen LogP contribution in [0.2, 0.25) is 5.02 Å². The van der Waals surface area contributed by atoms with Crippen molar-refractivity contribution in [3.05, 3.63) is 95.1 Å². The predicted octanol–water partition coefficient (Wildman–Crippen LogP) is 6.08. The summed E-state index contributed by atoms with van der Waals surface area (Å²) >= 11 is 6.45. The highest BCUT2D eigenvalue weighted by molar-refractivity contribution is 6.33. The van der Waals surface area contributed by atoms with E-state index in [4.69, 9.17) is 26.9 Å². The van der Waals surface area contributed by atoms with Gasteiger partial charge in [0.2, 0.25) is 11.8 Å². The van der Waals surface area contributed by atoms with Gasteiger partial charge in [-0.3, -0.25) is 0 Å². The average Bonchev–Trinajstić information content (AvgIpc) is 2.80. The van der Waals surface area contributed by atoms with E-state index in [1.54, 1.807) is 60.8 Å². The Morgan fingerprint density at radius 3 is 2.16 bits per heavy atom. The number of benzene rings is 3. The molecule has 31 heavy (non-hydrogen) atoms. The lowest BCUT2D eigenvalue weighted by atomic mass is 10.0. The zero-order valence-electron chi connectivity index (χ0n) is 16.1. The largest absolute Gasteiger partial charge is 0.439 e.